The van der Waals surface area contributed by atoms with Gasteiger partial charge in [-0.05, 0) is 12.3 Å². The van der Waals surface area contributed by atoms with Crippen molar-refractivity contribution in [3.63, 3.8) is 0 Å². The number of carboxylic acid groups (broad SMARTS) is 1. The molecule has 1 heterocycles. The minimum absolute atomic E-state index is 0.163. The predicted molar refractivity (Wildman–Crippen MR) is 72.0 cm³/mol. The maximum atomic E-state index is 11.9. The summed E-state index contributed by atoms with van der Waals surface area (Å²) in [5.41, 5.74) is 0.528. The molecule has 6 heteroatoms. The second-order valence-corrected chi connectivity index (χ2v) is 6.58. The van der Waals surface area contributed by atoms with Crippen LogP contribution in [0.1, 0.15) is 24.5 Å². The molecule has 0 aliphatic heterocycles. The Kier molecular flexibility index (Phi) is 3.62. The van der Waals surface area contributed by atoms with Crippen molar-refractivity contribution in [3.8, 4) is 0 Å². The Morgan fingerprint density at radius 3 is 2.63 bits per heavy atom. The number of aliphatic carboxylic acids is 1. The minimum atomic E-state index is -0.889. The number of carbonyl (C=O) groups is 2. The minimum Gasteiger partial charge on any atom is -0.481 e. The number of carbonyl (C=O) groups excluding carboxylic acids is 1. The van der Waals surface area contributed by atoms with E-state index >= 15 is 0 Å². The predicted octanol–water partition coefficient (Wildman–Crippen LogP) is 1.47. The molecule has 5 nitrogen and oxygen atoms in total. The van der Waals surface area contributed by atoms with E-state index in [9.17, 15) is 9.59 Å². The molecule has 0 bridgehead atoms. The zero-order valence-electron chi connectivity index (χ0n) is 11.3. The molecule has 0 aromatic carbocycles. The maximum Gasteiger partial charge on any atom is 0.307 e. The molecule has 19 heavy (non-hydrogen) atoms. The first-order valence-electron chi connectivity index (χ1n) is 6.25. The lowest BCUT2D eigenvalue weighted by molar-refractivity contribution is -0.140. The van der Waals surface area contributed by atoms with E-state index < -0.39 is 23.2 Å². The summed E-state index contributed by atoms with van der Waals surface area (Å²) in [4.78, 5) is 27.3. The van der Waals surface area contributed by atoms with E-state index in [1.165, 1.54) is 0 Å². The van der Waals surface area contributed by atoms with E-state index in [-0.39, 0.29) is 5.91 Å². The summed E-state index contributed by atoms with van der Waals surface area (Å²) in [7, 11) is 0. The summed E-state index contributed by atoms with van der Waals surface area (Å²) in [6, 6.07) is 0. The van der Waals surface area contributed by atoms with Crippen molar-refractivity contribution in [2.75, 3.05) is 6.54 Å². The van der Waals surface area contributed by atoms with Gasteiger partial charge in [-0.3, -0.25) is 9.59 Å². The zero-order chi connectivity index (χ0) is 14.2. The average molecular weight is 282 g/mol. The highest BCUT2D eigenvalue weighted by atomic mass is 32.1. The number of carboxylic acids is 1. The van der Waals surface area contributed by atoms with Gasteiger partial charge in [-0.15, -0.1) is 11.3 Å². The number of rotatable bonds is 5. The molecule has 1 aliphatic carbocycles. The van der Waals surface area contributed by atoms with Crippen molar-refractivity contribution in [2.45, 2.75) is 27.2 Å². The van der Waals surface area contributed by atoms with Gasteiger partial charge in [-0.1, -0.05) is 13.8 Å². The van der Waals surface area contributed by atoms with Gasteiger partial charge in [-0.2, -0.15) is 0 Å². The van der Waals surface area contributed by atoms with E-state index in [2.05, 4.69) is 10.3 Å². The summed E-state index contributed by atoms with van der Waals surface area (Å²) >= 11 is 1.58. The highest BCUT2D eigenvalue weighted by molar-refractivity contribution is 7.09. The molecule has 2 atom stereocenters. The van der Waals surface area contributed by atoms with E-state index in [0.29, 0.717) is 13.0 Å². The first-order chi connectivity index (χ1) is 8.84. The van der Waals surface area contributed by atoms with Crippen LogP contribution in [0.4, 0.5) is 0 Å². The largest absolute Gasteiger partial charge is 0.481 e. The van der Waals surface area contributed by atoms with Crippen LogP contribution < -0.4 is 5.32 Å². The van der Waals surface area contributed by atoms with Crippen LogP contribution in [0.3, 0.4) is 0 Å². The average Bonchev–Trinajstić information content (AvgIpc) is 2.65. The van der Waals surface area contributed by atoms with Crippen LogP contribution in [-0.4, -0.2) is 28.5 Å². The van der Waals surface area contributed by atoms with Crippen LogP contribution in [0.2, 0.25) is 0 Å². The van der Waals surface area contributed by atoms with Crippen LogP contribution in [0, 0.1) is 24.2 Å². The monoisotopic (exact) mass is 282 g/mol. The SMILES string of the molecule is Cc1nc(CCNC(=O)[C@H]2[C@@H](C(=O)O)C2(C)C)cs1. The second kappa shape index (κ2) is 4.92. The molecule has 1 fully saturated rings. The molecular formula is C13H18N2O3S. The van der Waals surface area contributed by atoms with E-state index in [1.54, 1.807) is 11.3 Å². The van der Waals surface area contributed by atoms with Crippen molar-refractivity contribution < 1.29 is 14.7 Å². The fourth-order valence-corrected chi connectivity index (χ4v) is 3.18. The Balaban J connectivity index is 1.81. The van der Waals surface area contributed by atoms with Crippen LogP contribution in [0.25, 0.3) is 0 Å². The van der Waals surface area contributed by atoms with E-state index in [0.717, 1.165) is 10.7 Å². The topological polar surface area (TPSA) is 79.3 Å². The third-order valence-electron chi connectivity index (χ3n) is 3.72. The molecule has 104 valence electrons. The molecule has 0 radical (unpaired) electrons. The Labute approximate surface area is 116 Å². The Morgan fingerprint density at radius 2 is 2.16 bits per heavy atom. The van der Waals surface area contributed by atoms with Gasteiger partial charge >= 0.3 is 5.97 Å². The number of hydrogen-bond acceptors (Lipinski definition) is 4. The summed E-state index contributed by atoms with van der Waals surface area (Å²) in [6.07, 6.45) is 0.682. The van der Waals surface area contributed by atoms with Crippen LogP contribution >= 0.6 is 11.3 Å². The standard InChI is InChI=1S/C13H18N2O3S/c1-7-15-8(6-19-7)4-5-14-11(16)9-10(12(17)18)13(9,2)3/h6,9-10H,4-5H2,1-3H3,(H,14,16)(H,17,18)/t9-,10+/m1/s1. The fourth-order valence-electron chi connectivity index (χ4n) is 2.53. The summed E-state index contributed by atoms with van der Waals surface area (Å²) in [6.45, 7) is 6.08. The first kappa shape index (κ1) is 14.0. The van der Waals surface area contributed by atoms with Gasteiger partial charge in [0.05, 0.1) is 22.5 Å². The molecule has 0 spiro atoms. The van der Waals surface area contributed by atoms with Gasteiger partial charge in [0.15, 0.2) is 0 Å². The van der Waals surface area contributed by atoms with Gasteiger partial charge in [0.1, 0.15) is 0 Å². The van der Waals surface area contributed by atoms with Crippen molar-refractivity contribution >= 4 is 23.2 Å². The Hall–Kier alpha value is -1.43. The van der Waals surface area contributed by atoms with Crippen molar-refractivity contribution in [2.24, 2.45) is 17.3 Å². The Bertz CT molecular complexity index is 510. The molecule has 0 saturated heterocycles. The molecule has 2 rings (SSSR count). The van der Waals surface area contributed by atoms with E-state index in [1.807, 2.05) is 26.2 Å². The normalized spacial score (nSPS) is 23.9. The molecule has 1 aromatic rings. The number of aryl methyl sites for hydroxylation is 1. The van der Waals surface area contributed by atoms with Gasteiger partial charge in [0, 0.05) is 18.3 Å². The summed E-state index contributed by atoms with van der Waals surface area (Å²) in [5.74, 6) is -2.03. The lowest BCUT2D eigenvalue weighted by atomic mass is 10.1. The third kappa shape index (κ3) is 2.78. The van der Waals surface area contributed by atoms with Crippen LogP contribution in [-0.2, 0) is 16.0 Å². The number of nitrogens with zero attached hydrogens (tertiary/aromatic N) is 1. The quantitative estimate of drug-likeness (QED) is 0.857. The maximum absolute atomic E-state index is 11.9. The lowest BCUT2D eigenvalue weighted by Gasteiger charge is -2.04. The number of thiazole rings is 1. The lowest BCUT2D eigenvalue weighted by Crippen LogP contribution is -2.29. The van der Waals surface area contributed by atoms with Gasteiger partial charge in [0.25, 0.3) is 0 Å². The van der Waals surface area contributed by atoms with Crippen LogP contribution in [0.15, 0.2) is 5.38 Å². The molecule has 0 unspecified atom stereocenters. The van der Waals surface area contributed by atoms with E-state index in [4.69, 9.17) is 5.11 Å². The molecular weight excluding hydrogens is 264 g/mol. The zero-order valence-corrected chi connectivity index (χ0v) is 12.1. The first-order valence-corrected chi connectivity index (χ1v) is 7.13. The van der Waals surface area contributed by atoms with Crippen molar-refractivity contribution in [1.29, 1.82) is 0 Å². The molecule has 1 aliphatic rings. The molecule has 1 saturated carbocycles. The second-order valence-electron chi connectivity index (χ2n) is 5.51. The smallest absolute Gasteiger partial charge is 0.307 e. The number of aromatic nitrogens is 1. The van der Waals surface area contributed by atoms with Gasteiger partial charge in [0.2, 0.25) is 5.91 Å². The molecule has 1 aromatic heterocycles. The summed E-state index contributed by atoms with van der Waals surface area (Å²) in [5, 5.41) is 14.8. The van der Waals surface area contributed by atoms with Crippen molar-refractivity contribution in [1.82, 2.24) is 10.3 Å². The highest BCUT2D eigenvalue weighted by Crippen LogP contribution is 2.58. The van der Waals surface area contributed by atoms with Gasteiger partial charge in [-0.25, -0.2) is 4.98 Å². The fraction of sp³-hybridized carbons (Fsp3) is 0.615. The van der Waals surface area contributed by atoms with Crippen molar-refractivity contribution in [3.05, 3.63) is 16.1 Å². The summed E-state index contributed by atoms with van der Waals surface area (Å²) < 4.78 is 0. The molecule has 2 N–H and O–H groups in total. The van der Waals surface area contributed by atoms with Gasteiger partial charge < -0.3 is 10.4 Å². The third-order valence-corrected chi connectivity index (χ3v) is 4.55. The number of hydrogen-bond donors (Lipinski definition) is 2. The Morgan fingerprint density at radius 1 is 1.47 bits per heavy atom. The number of nitrogens with one attached hydrogen (secondary N) is 1. The highest BCUT2D eigenvalue weighted by Gasteiger charge is 2.65. The number of amides is 1. The van der Waals surface area contributed by atoms with Crippen LogP contribution in [0.5, 0.6) is 0 Å². The molecule has 1 amide bonds.